The fourth-order valence-electron chi connectivity index (χ4n) is 2.21. The summed E-state index contributed by atoms with van der Waals surface area (Å²) in [7, 11) is 3.13. The Labute approximate surface area is 152 Å². The number of carbonyl (C=O) groups is 1. The van der Waals surface area contributed by atoms with Gasteiger partial charge in [0.05, 0.1) is 14.2 Å². The van der Waals surface area contributed by atoms with Crippen LogP contribution in [0.15, 0.2) is 46.9 Å². The van der Waals surface area contributed by atoms with E-state index in [-0.39, 0.29) is 11.9 Å². The molecule has 0 aliphatic heterocycles. The summed E-state index contributed by atoms with van der Waals surface area (Å²) in [6.07, 6.45) is 0. The van der Waals surface area contributed by atoms with Gasteiger partial charge >= 0.3 is 0 Å². The van der Waals surface area contributed by atoms with E-state index in [1.165, 1.54) is 0 Å². The number of aromatic nitrogens is 3. The molecule has 1 heterocycles. The van der Waals surface area contributed by atoms with Crippen LogP contribution in [0.4, 0.5) is 5.95 Å². The van der Waals surface area contributed by atoms with Gasteiger partial charge in [0.2, 0.25) is 5.95 Å². The van der Waals surface area contributed by atoms with Crippen LogP contribution in [-0.4, -0.2) is 35.3 Å². The highest BCUT2D eigenvalue weighted by atomic mass is 79.9. The third-order valence-corrected chi connectivity index (χ3v) is 4.00. The fraction of sp³-hybridized carbons (Fsp3) is 0.118. The number of hydrogen-bond acceptors (Lipinski definition) is 5. The molecular weight excluding hydrogens is 388 g/mol. The number of carbonyl (C=O) groups excluding carboxylic acids is 1. The minimum atomic E-state index is -0.287. The van der Waals surface area contributed by atoms with Crippen LogP contribution < -0.4 is 14.8 Å². The maximum atomic E-state index is 12.2. The molecule has 0 radical (unpaired) electrons. The first-order valence-electron chi connectivity index (χ1n) is 7.32. The molecule has 0 saturated heterocycles. The average molecular weight is 403 g/mol. The minimum Gasteiger partial charge on any atom is -0.493 e. The number of amides is 1. The second kappa shape index (κ2) is 7.35. The van der Waals surface area contributed by atoms with Crippen LogP contribution in [0, 0.1) is 0 Å². The van der Waals surface area contributed by atoms with E-state index in [2.05, 4.69) is 36.4 Å². The zero-order chi connectivity index (χ0) is 17.8. The predicted octanol–water partition coefficient (Wildman–Crippen LogP) is 3.50. The first kappa shape index (κ1) is 17.0. The molecule has 0 saturated carbocycles. The molecule has 0 bridgehead atoms. The van der Waals surface area contributed by atoms with E-state index < -0.39 is 0 Å². The Morgan fingerprint density at radius 3 is 2.48 bits per heavy atom. The number of H-pyrrole nitrogens is 1. The van der Waals surface area contributed by atoms with Crippen molar-refractivity contribution in [2.24, 2.45) is 0 Å². The van der Waals surface area contributed by atoms with Crippen molar-refractivity contribution >= 4 is 27.8 Å². The molecule has 1 aromatic heterocycles. The first-order valence-corrected chi connectivity index (χ1v) is 8.11. The highest BCUT2D eigenvalue weighted by Crippen LogP contribution is 2.31. The van der Waals surface area contributed by atoms with Crippen molar-refractivity contribution in [2.45, 2.75) is 0 Å². The molecule has 3 rings (SSSR count). The van der Waals surface area contributed by atoms with Gasteiger partial charge in [-0.15, -0.1) is 5.10 Å². The van der Waals surface area contributed by atoms with Crippen LogP contribution in [0.25, 0.3) is 11.4 Å². The average Bonchev–Trinajstić information content (AvgIpc) is 3.10. The van der Waals surface area contributed by atoms with Gasteiger partial charge in [0, 0.05) is 15.6 Å². The summed E-state index contributed by atoms with van der Waals surface area (Å²) in [5.74, 6) is 1.61. The Kier molecular flexibility index (Phi) is 4.99. The van der Waals surface area contributed by atoms with Crippen LogP contribution in [0.2, 0.25) is 0 Å². The third kappa shape index (κ3) is 3.80. The van der Waals surface area contributed by atoms with Crippen molar-refractivity contribution in [3.8, 4) is 22.9 Å². The zero-order valence-electron chi connectivity index (χ0n) is 13.5. The Balaban J connectivity index is 1.78. The molecule has 1 amide bonds. The second-order valence-corrected chi connectivity index (χ2v) is 5.95. The second-order valence-electron chi connectivity index (χ2n) is 5.04. The number of rotatable bonds is 5. The number of benzene rings is 2. The Morgan fingerprint density at radius 1 is 1.08 bits per heavy atom. The quantitative estimate of drug-likeness (QED) is 0.681. The monoisotopic (exact) mass is 402 g/mol. The lowest BCUT2D eigenvalue weighted by Crippen LogP contribution is -2.12. The highest BCUT2D eigenvalue weighted by molar-refractivity contribution is 9.10. The third-order valence-electron chi connectivity index (χ3n) is 3.47. The van der Waals surface area contributed by atoms with Gasteiger partial charge in [-0.05, 0) is 42.5 Å². The normalized spacial score (nSPS) is 10.4. The van der Waals surface area contributed by atoms with Crippen LogP contribution in [0.1, 0.15) is 10.4 Å². The predicted molar refractivity (Wildman–Crippen MR) is 97.0 cm³/mol. The van der Waals surface area contributed by atoms with E-state index >= 15 is 0 Å². The molecule has 0 atom stereocenters. The van der Waals surface area contributed by atoms with Crippen molar-refractivity contribution in [1.82, 2.24) is 15.2 Å². The van der Waals surface area contributed by atoms with E-state index in [1.807, 2.05) is 6.07 Å². The summed E-state index contributed by atoms with van der Waals surface area (Å²) < 4.78 is 11.4. The molecule has 0 aliphatic carbocycles. The van der Waals surface area contributed by atoms with Crippen LogP contribution in [-0.2, 0) is 0 Å². The van der Waals surface area contributed by atoms with E-state index in [1.54, 1.807) is 50.6 Å². The molecule has 25 heavy (non-hydrogen) atoms. The molecular formula is C17H15BrN4O3. The lowest BCUT2D eigenvalue weighted by molar-refractivity contribution is 0.102. The zero-order valence-corrected chi connectivity index (χ0v) is 15.1. The number of nitrogens with one attached hydrogen (secondary N) is 2. The minimum absolute atomic E-state index is 0.192. The maximum absolute atomic E-state index is 12.2. The number of halogens is 1. The standard InChI is InChI=1S/C17H15BrN4O3/c1-24-13-8-5-11(9-14(13)25-2)15-19-17(22-21-15)20-16(23)10-3-6-12(18)7-4-10/h3-9H,1-2H3,(H2,19,20,21,22,23). The number of methoxy groups -OCH3 is 2. The van der Waals surface area contributed by atoms with E-state index in [0.717, 1.165) is 10.0 Å². The molecule has 3 aromatic rings. The van der Waals surface area contributed by atoms with Crippen molar-refractivity contribution in [3.63, 3.8) is 0 Å². The number of anilines is 1. The summed E-state index contributed by atoms with van der Waals surface area (Å²) in [5, 5.41) is 9.48. The summed E-state index contributed by atoms with van der Waals surface area (Å²) >= 11 is 3.33. The van der Waals surface area contributed by atoms with E-state index in [9.17, 15) is 4.79 Å². The molecule has 0 fully saturated rings. The molecule has 128 valence electrons. The molecule has 7 nitrogen and oxygen atoms in total. The van der Waals surface area contributed by atoms with Gasteiger partial charge in [0.1, 0.15) is 0 Å². The summed E-state index contributed by atoms with van der Waals surface area (Å²) in [5.41, 5.74) is 1.27. The maximum Gasteiger partial charge on any atom is 0.258 e. The van der Waals surface area contributed by atoms with Gasteiger partial charge in [0.15, 0.2) is 17.3 Å². The van der Waals surface area contributed by atoms with Crippen LogP contribution in [0.3, 0.4) is 0 Å². The first-order chi connectivity index (χ1) is 12.1. The lowest BCUT2D eigenvalue weighted by Gasteiger charge is -2.07. The van der Waals surface area contributed by atoms with Crippen LogP contribution in [0.5, 0.6) is 11.5 Å². The molecule has 8 heteroatoms. The van der Waals surface area contributed by atoms with Gasteiger partial charge in [0.25, 0.3) is 5.91 Å². The van der Waals surface area contributed by atoms with Gasteiger partial charge in [-0.3, -0.25) is 15.2 Å². The smallest absolute Gasteiger partial charge is 0.258 e. The highest BCUT2D eigenvalue weighted by Gasteiger charge is 2.12. The van der Waals surface area contributed by atoms with Gasteiger partial charge in [-0.25, -0.2) is 0 Å². The van der Waals surface area contributed by atoms with Crippen molar-refractivity contribution in [1.29, 1.82) is 0 Å². The number of aromatic amines is 1. The molecule has 2 N–H and O–H groups in total. The van der Waals surface area contributed by atoms with Gasteiger partial charge in [-0.2, -0.15) is 4.98 Å². The van der Waals surface area contributed by atoms with Crippen molar-refractivity contribution < 1.29 is 14.3 Å². The number of hydrogen-bond donors (Lipinski definition) is 2. The van der Waals surface area contributed by atoms with Crippen molar-refractivity contribution in [2.75, 3.05) is 19.5 Å². The number of ether oxygens (including phenoxy) is 2. The largest absolute Gasteiger partial charge is 0.493 e. The summed E-state index contributed by atoms with van der Waals surface area (Å²) in [6, 6.07) is 12.4. The molecule has 2 aromatic carbocycles. The molecule has 0 unspecified atom stereocenters. The van der Waals surface area contributed by atoms with E-state index in [0.29, 0.717) is 22.9 Å². The molecule has 0 spiro atoms. The molecule has 0 aliphatic rings. The van der Waals surface area contributed by atoms with Gasteiger partial charge in [-0.1, -0.05) is 15.9 Å². The summed E-state index contributed by atoms with van der Waals surface area (Å²) in [4.78, 5) is 16.5. The van der Waals surface area contributed by atoms with E-state index in [4.69, 9.17) is 9.47 Å². The summed E-state index contributed by atoms with van der Waals surface area (Å²) in [6.45, 7) is 0. The Morgan fingerprint density at radius 2 is 1.80 bits per heavy atom. The van der Waals surface area contributed by atoms with Crippen LogP contribution >= 0.6 is 15.9 Å². The Hall–Kier alpha value is -2.87. The Bertz CT molecular complexity index is 893. The van der Waals surface area contributed by atoms with Crippen molar-refractivity contribution in [3.05, 3.63) is 52.5 Å². The van der Waals surface area contributed by atoms with Gasteiger partial charge < -0.3 is 9.47 Å². The lowest BCUT2D eigenvalue weighted by atomic mass is 10.2. The SMILES string of the molecule is COc1ccc(-c2nc(NC(=O)c3ccc(Br)cc3)n[nH]2)cc1OC. The fourth-order valence-corrected chi connectivity index (χ4v) is 2.47. The topological polar surface area (TPSA) is 89.1 Å². The number of nitrogens with zero attached hydrogens (tertiary/aromatic N) is 2.